The van der Waals surface area contributed by atoms with Gasteiger partial charge in [0.1, 0.15) is 25.3 Å². The third kappa shape index (κ3) is 4.14. The minimum Gasteiger partial charge on any atom is -1.00 e. The zero-order valence-corrected chi connectivity index (χ0v) is 17.9. The second-order valence-electron chi connectivity index (χ2n) is 7.40. The van der Waals surface area contributed by atoms with Crippen molar-refractivity contribution < 1.29 is 21.6 Å². The summed E-state index contributed by atoms with van der Waals surface area (Å²) in [6.45, 7) is 16.4. The van der Waals surface area contributed by atoms with Crippen LogP contribution in [0.1, 0.15) is 38.9 Å². The van der Waals surface area contributed by atoms with E-state index in [-0.39, 0.29) is 17.0 Å². The van der Waals surface area contributed by atoms with Gasteiger partial charge in [0.15, 0.2) is 0 Å². The fraction of sp³-hybridized carbons (Fsp3) is 0.409. The van der Waals surface area contributed by atoms with E-state index < -0.39 is 0 Å². The maximum Gasteiger partial charge on any atom is 0.239 e. The van der Waals surface area contributed by atoms with Gasteiger partial charge in [0.2, 0.25) is 6.34 Å². The van der Waals surface area contributed by atoms with Crippen molar-refractivity contribution in [1.29, 1.82) is 0 Å². The summed E-state index contributed by atoms with van der Waals surface area (Å²) in [7, 11) is 0. The van der Waals surface area contributed by atoms with Crippen LogP contribution in [0.15, 0.2) is 24.3 Å². The maximum atomic E-state index is 2.45. The molecule has 0 unspecified atom stereocenters. The van der Waals surface area contributed by atoms with E-state index in [2.05, 4.69) is 81.6 Å². The minimum atomic E-state index is 0. The van der Waals surface area contributed by atoms with Gasteiger partial charge in [-0.25, -0.2) is 4.90 Å². The largest absolute Gasteiger partial charge is 1.00 e. The van der Waals surface area contributed by atoms with Crippen molar-refractivity contribution in [2.75, 3.05) is 18.0 Å². The number of aryl methyl sites for hydroxylation is 6. The quantitative estimate of drug-likeness (QED) is 0.709. The molecule has 0 spiro atoms. The highest BCUT2D eigenvalue weighted by Gasteiger charge is 2.25. The standard InChI is InChI=1S/C22H29N2.BrH/c1-15-9-17(3)21(18(4)10-15)13-23-7-8-24(14-23)22-19(5)11-16(2)12-20(22)6;/h9-12,14H,7-8,13H2,1-6H3;1H/q+1;/p-1. The van der Waals surface area contributed by atoms with Gasteiger partial charge in [-0.3, -0.25) is 4.58 Å². The van der Waals surface area contributed by atoms with Crippen molar-refractivity contribution in [1.82, 2.24) is 0 Å². The van der Waals surface area contributed by atoms with Gasteiger partial charge in [0.05, 0.1) is 0 Å². The van der Waals surface area contributed by atoms with E-state index in [1.807, 2.05) is 0 Å². The second-order valence-corrected chi connectivity index (χ2v) is 7.40. The summed E-state index contributed by atoms with van der Waals surface area (Å²) in [6, 6.07) is 9.16. The minimum absolute atomic E-state index is 0. The Kier molecular flexibility index (Phi) is 6.10. The third-order valence-electron chi connectivity index (χ3n) is 5.05. The van der Waals surface area contributed by atoms with Crippen molar-refractivity contribution in [3.63, 3.8) is 0 Å². The number of hydrogen-bond donors (Lipinski definition) is 0. The Morgan fingerprint density at radius 2 is 1.28 bits per heavy atom. The molecule has 25 heavy (non-hydrogen) atoms. The average Bonchev–Trinajstić information content (AvgIpc) is 2.90. The van der Waals surface area contributed by atoms with Crippen LogP contribution in [0.3, 0.4) is 0 Å². The highest BCUT2D eigenvalue weighted by atomic mass is 79.9. The topological polar surface area (TPSA) is 6.25 Å². The monoisotopic (exact) mass is 400 g/mol. The zero-order valence-electron chi connectivity index (χ0n) is 16.3. The fourth-order valence-electron chi connectivity index (χ4n) is 4.13. The van der Waals surface area contributed by atoms with Crippen molar-refractivity contribution in [3.8, 4) is 0 Å². The molecule has 1 aliphatic heterocycles. The van der Waals surface area contributed by atoms with Crippen molar-refractivity contribution in [2.45, 2.75) is 48.1 Å². The molecule has 0 radical (unpaired) electrons. The van der Waals surface area contributed by atoms with E-state index >= 15 is 0 Å². The molecule has 0 atom stereocenters. The molecule has 2 aromatic carbocycles. The Labute approximate surface area is 163 Å². The van der Waals surface area contributed by atoms with E-state index in [0.29, 0.717) is 0 Å². The van der Waals surface area contributed by atoms with Crippen LogP contribution in [0.25, 0.3) is 0 Å². The van der Waals surface area contributed by atoms with Crippen LogP contribution in [0.5, 0.6) is 0 Å². The molecule has 0 saturated carbocycles. The lowest BCUT2D eigenvalue weighted by Crippen LogP contribution is -3.00. The summed E-state index contributed by atoms with van der Waals surface area (Å²) >= 11 is 0. The van der Waals surface area contributed by atoms with E-state index in [1.54, 1.807) is 0 Å². The lowest BCUT2D eigenvalue weighted by atomic mass is 10.00. The Balaban J connectivity index is 0.00000225. The molecule has 3 rings (SSSR count). The Hall–Kier alpha value is -1.61. The maximum absolute atomic E-state index is 2.45. The van der Waals surface area contributed by atoms with E-state index in [4.69, 9.17) is 0 Å². The van der Waals surface area contributed by atoms with Gasteiger partial charge in [-0.2, -0.15) is 0 Å². The molecular formula is C22H29BrN2. The summed E-state index contributed by atoms with van der Waals surface area (Å²) in [5.74, 6) is 0. The van der Waals surface area contributed by atoms with Crippen molar-refractivity contribution in [3.05, 3.63) is 63.2 Å². The fourth-order valence-corrected chi connectivity index (χ4v) is 4.13. The first-order chi connectivity index (χ1) is 11.3. The third-order valence-corrected chi connectivity index (χ3v) is 5.05. The van der Waals surface area contributed by atoms with Crippen LogP contribution in [0, 0.1) is 41.5 Å². The van der Waals surface area contributed by atoms with Gasteiger partial charge in [0, 0.05) is 0 Å². The second kappa shape index (κ2) is 7.74. The molecule has 3 heteroatoms. The summed E-state index contributed by atoms with van der Waals surface area (Å²) in [6.07, 6.45) is 2.31. The van der Waals surface area contributed by atoms with Crippen LogP contribution < -0.4 is 21.9 Å². The number of benzene rings is 2. The molecule has 0 amide bonds. The van der Waals surface area contributed by atoms with Gasteiger partial charge < -0.3 is 17.0 Å². The number of hydrogen-bond acceptors (Lipinski definition) is 1. The van der Waals surface area contributed by atoms with Crippen LogP contribution in [-0.4, -0.2) is 24.0 Å². The predicted octanol–water partition coefficient (Wildman–Crippen LogP) is 1.60. The Morgan fingerprint density at radius 1 is 0.800 bits per heavy atom. The SMILES string of the molecule is Cc1cc(C)c(C[N+]2=CN(c3c(C)cc(C)cc3C)CC2)c(C)c1.[Br-]. The zero-order chi connectivity index (χ0) is 17.4. The molecule has 134 valence electrons. The average molecular weight is 401 g/mol. The van der Waals surface area contributed by atoms with Gasteiger partial charge in [0.25, 0.3) is 0 Å². The van der Waals surface area contributed by atoms with Gasteiger partial charge in [-0.05, 0) is 69.4 Å². The van der Waals surface area contributed by atoms with Crippen LogP contribution in [0.2, 0.25) is 0 Å². The highest BCUT2D eigenvalue weighted by molar-refractivity contribution is 5.81. The summed E-state index contributed by atoms with van der Waals surface area (Å²) in [4.78, 5) is 2.42. The lowest BCUT2D eigenvalue weighted by molar-refractivity contribution is -0.530. The molecule has 2 aromatic rings. The van der Waals surface area contributed by atoms with E-state index in [1.165, 1.54) is 44.6 Å². The summed E-state index contributed by atoms with van der Waals surface area (Å²) in [5, 5.41) is 0. The van der Waals surface area contributed by atoms with Crippen LogP contribution >= 0.6 is 0 Å². The van der Waals surface area contributed by atoms with Gasteiger partial charge in [-0.1, -0.05) is 35.4 Å². The Morgan fingerprint density at radius 3 is 1.80 bits per heavy atom. The number of nitrogens with zero attached hydrogens (tertiary/aromatic N) is 2. The highest BCUT2D eigenvalue weighted by Crippen LogP contribution is 2.27. The summed E-state index contributed by atoms with van der Waals surface area (Å²) < 4.78 is 2.45. The molecular weight excluding hydrogens is 372 g/mol. The smallest absolute Gasteiger partial charge is 0.239 e. The summed E-state index contributed by atoms with van der Waals surface area (Å²) in [5.41, 5.74) is 11.1. The van der Waals surface area contributed by atoms with Gasteiger partial charge in [-0.15, -0.1) is 0 Å². The first kappa shape index (κ1) is 19.7. The van der Waals surface area contributed by atoms with Gasteiger partial charge >= 0.3 is 0 Å². The van der Waals surface area contributed by atoms with Crippen molar-refractivity contribution in [2.24, 2.45) is 0 Å². The molecule has 0 N–H and O–H groups in total. The first-order valence-corrected chi connectivity index (χ1v) is 8.85. The normalized spacial score (nSPS) is 13.7. The number of anilines is 1. The Bertz CT molecular complexity index is 775. The number of rotatable bonds is 3. The lowest BCUT2D eigenvalue weighted by Gasteiger charge is -2.13. The number of halogens is 1. The van der Waals surface area contributed by atoms with Crippen LogP contribution in [0.4, 0.5) is 5.69 Å². The molecule has 1 aliphatic rings. The molecule has 0 bridgehead atoms. The first-order valence-electron chi connectivity index (χ1n) is 8.85. The molecule has 0 aliphatic carbocycles. The van der Waals surface area contributed by atoms with E-state index in [9.17, 15) is 0 Å². The molecule has 1 heterocycles. The molecule has 2 nitrogen and oxygen atoms in total. The predicted molar refractivity (Wildman–Crippen MR) is 104 cm³/mol. The molecule has 0 aromatic heterocycles. The van der Waals surface area contributed by atoms with Crippen LogP contribution in [-0.2, 0) is 6.54 Å². The van der Waals surface area contributed by atoms with Crippen molar-refractivity contribution >= 4 is 12.0 Å². The molecule has 0 saturated heterocycles. The molecule has 0 fully saturated rings. The van der Waals surface area contributed by atoms with E-state index in [0.717, 1.165) is 19.6 Å².